The predicted molar refractivity (Wildman–Crippen MR) is 266 cm³/mol. The highest BCUT2D eigenvalue weighted by Crippen LogP contribution is 2.57. The van der Waals surface area contributed by atoms with Gasteiger partial charge in [0.2, 0.25) is 5.28 Å². The third-order valence-corrected chi connectivity index (χ3v) is 14.1. The average Bonchev–Trinajstić information content (AvgIpc) is 3.91. The van der Waals surface area contributed by atoms with Crippen LogP contribution in [0.5, 0.6) is 0 Å². The number of hydrogen-bond donors (Lipinski definition) is 0. The summed E-state index contributed by atoms with van der Waals surface area (Å²) in [7, 11) is -0.532. The van der Waals surface area contributed by atoms with Crippen molar-refractivity contribution in [1.29, 1.82) is 0 Å². The Labute approximate surface area is 388 Å². The second-order valence-electron chi connectivity index (χ2n) is 18.2. The summed E-state index contributed by atoms with van der Waals surface area (Å²) in [5, 5.41) is 2.40. The van der Waals surface area contributed by atoms with Gasteiger partial charge in [-0.1, -0.05) is 152 Å². The molecule has 1 fully saturated rings. The molecule has 0 radical (unpaired) electrons. The first-order valence-corrected chi connectivity index (χ1v) is 22.7. The standard InChI is InChI=1S/C57H43BClN5O2/c1-55(2)56(3,4)66-58(65-55)42-28-30-51(60-35-42)64-49-32-38(37-19-16-20-39(31-37)53-61-52(62-54(59)63-53)36-17-8-5-9-18-36)27-29-44(49)46-33-45-43-25-14-15-26-47(43)57(48(45)34-50(46)64,40-21-10-6-11-22-40)41-23-12-7-13-24-41/h5-35H,1-4H3. The summed E-state index contributed by atoms with van der Waals surface area (Å²) < 4.78 is 15.2. The van der Waals surface area contributed by atoms with Crippen LogP contribution in [0.15, 0.2) is 188 Å². The Bertz CT molecular complexity index is 3450. The fourth-order valence-electron chi connectivity index (χ4n) is 10.1. The van der Waals surface area contributed by atoms with Gasteiger partial charge in [-0.25, -0.2) is 9.97 Å². The molecule has 7 aromatic carbocycles. The number of hydrogen-bond acceptors (Lipinski definition) is 6. The molecule has 318 valence electrons. The minimum absolute atomic E-state index is 0.144. The summed E-state index contributed by atoms with van der Waals surface area (Å²) in [6, 6.07) is 64.6. The normalized spacial score (nSPS) is 15.6. The number of rotatable bonds is 7. The summed E-state index contributed by atoms with van der Waals surface area (Å²) in [6.45, 7) is 8.29. The van der Waals surface area contributed by atoms with Crippen LogP contribution >= 0.6 is 11.6 Å². The zero-order valence-electron chi connectivity index (χ0n) is 36.9. The van der Waals surface area contributed by atoms with Crippen molar-refractivity contribution in [1.82, 2.24) is 24.5 Å². The topological polar surface area (TPSA) is 75.0 Å². The van der Waals surface area contributed by atoms with Crippen molar-refractivity contribution in [3.63, 3.8) is 0 Å². The van der Waals surface area contributed by atoms with Gasteiger partial charge in [-0.2, -0.15) is 9.97 Å². The van der Waals surface area contributed by atoms with Crippen molar-refractivity contribution < 1.29 is 9.31 Å². The van der Waals surface area contributed by atoms with E-state index in [1.165, 1.54) is 33.4 Å². The van der Waals surface area contributed by atoms with Crippen LogP contribution in [-0.2, 0) is 14.7 Å². The molecule has 1 aliphatic carbocycles. The van der Waals surface area contributed by atoms with E-state index in [9.17, 15) is 0 Å². The Morgan fingerprint density at radius 2 is 1.08 bits per heavy atom. The Morgan fingerprint density at radius 3 is 1.76 bits per heavy atom. The lowest BCUT2D eigenvalue weighted by Crippen LogP contribution is -2.41. The van der Waals surface area contributed by atoms with Crippen molar-refractivity contribution in [2.45, 2.75) is 44.3 Å². The molecule has 0 amide bonds. The zero-order valence-corrected chi connectivity index (χ0v) is 37.7. The van der Waals surface area contributed by atoms with Gasteiger partial charge in [0.15, 0.2) is 11.6 Å². The number of aromatic nitrogens is 5. The maximum absolute atomic E-state index is 6.52. The van der Waals surface area contributed by atoms with Gasteiger partial charge in [0.1, 0.15) is 5.82 Å². The smallest absolute Gasteiger partial charge is 0.399 e. The van der Waals surface area contributed by atoms with E-state index in [1.807, 2.05) is 48.7 Å². The Balaban J connectivity index is 1.08. The first-order valence-electron chi connectivity index (χ1n) is 22.3. The third-order valence-electron chi connectivity index (χ3n) is 14.0. The molecule has 4 heterocycles. The van der Waals surface area contributed by atoms with Crippen LogP contribution < -0.4 is 5.46 Å². The van der Waals surface area contributed by atoms with Crippen molar-refractivity contribution in [3.05, 3.63) is 216 Å². The van der Waals surface area contributed by atoms with Gasteiger partial charge in [0.25, 0.3) is 0 Å². The summed E-state index contributed by atoms with van der Waals surface area (Å²) >= 11 is 6.52. The molecular formula is C57H43BClN5O2. The second-order valence-corrected chi connectivity index (χ2v) is 18.6. The molecule has 3 aromatic heterocycles. The SMILES string of the molecule is CC1(C)OB(c2ccc(-n3c4cc(-c5cccc(-c6nc(Cl)nc(-c7ccccc7)n6)c5)ccc4c4cc5c(cc43)C(c3ccccc3)(c3ccccc3)c3ccccc3-5)nc2)OC1(C)C. The van der Waals surface area contributed by atoms with Crippen LogP contribution in [0.25, 0.3) is 72.7 Å². The summed E-state index contributed by atoms with van der Waals surface area (Å²) in [4.78, 5) is 19.1. The number of pyridine rings is 1. The van der Waals surface area contributed by atoms with Crippen molar-refractivity contribution in [2.24, 2.45) is 0 Å². The molecule has 0 saturated carbocycles. The molecule has 10 aromatic rings. The van der Waals surface area contributed by atoms with Crippen LogP contribution in [0.4, 0.5) is 0 Å². The van der Waals surface area contributed by atoms with Crippen LogP contribution in [0.3, 0.4) is 0 Å². The highest BCUT2D eigenvalue weighted by molar-refractivity contribution is 6.62. The fraction of sp³-hybridized carbons (Fsp3) is 0.123. The van der Waals surface area contributed by atoms with E-state index >= 15 is 0 Å². The molecule has 0 N–H and O–H groups in total. The Hall–Kier alpha value is -7.23. The number of benzene rings is 7. The monoisotopic (exact) mass is 875 g/mol. The molecule has 7 nitrogen and oxygen atoms in total. The molecule has 0 bridgehead atoms. The van der Waals surface area contributed by atoms with E-state index in [0.717, 1.165) is 55.3 Å². The minimum atomic E-state index is -0.568. The predicted octanol–water partition coefficient (Wildman–Crippen LogP) is 12.7. The molecule has 1 saturated heterocycles. The van der Waals surface area contributed by atoms with Gasteiger partial charge in [-0.15, -0.1) is 0 Å². The number of halogens is 1. The fourth-order valence-corrected chi connectivity index (χ4v) is 10.2. The molecule has 2 aliphatic rings. The van der Waals surface area contributed by atoms with E-state index < -0.39 is 23.7 Å². The van der Waals surface area contributed by atoms with Crippen molar-refractivity contribution in [2.75, 3.05) is 0 Å². The quantitative estimate of drug-likeness (QED) is 0.149. The molecule has 1 aliphatic heterocycles. The summed E-state index contributed by atoms with van der Waals surface area (Å²) in [6.07, 6.45) is 1.90. The van der Waals surface area contributed by atoms with E-state index in [1.54, 1.807) is 0 Å². The van der Waals surface area contributed by atoms with E-state index in [0.29, 0.717) is 11.6 Å². The highest BCUT2D eigenvalue weighted by Gasteiger charge is 2.52. The second kappa shape index (κ2) is 15.2. The molecule has 12 rings (SSSR count). The van der Waals surface area contributed by atoms with E-state index in [4.69, 9.17) is 30.9 Å². The van der Waals surface area contributed by atoms with Crippen molar-refractivity contribution >= 4 is 46.0 Å². The van der Waals surface area contributed by atoms with Gasteiger partial charge in [-0.3, -0.25) is 4.57 Å². The van der Waals surface area contributed by atoms with Gasteiger partial charge in [0, 0.05) is 33.6 Å². The Kier molecular flexibility index (Phi) is 9.27. The van der Waals surface area contributed by atoms with Gasteiger partial charge < -0.3 is 9.31 Å². The van der Waals surface area contributed by atoms with Crippen molar-refractivity contribution in [3.8, 4) is 50.8 Å². The maximum atomic E-state index is 6.52. The van der Waals surface area contributed by atoms with E-state index in [2.05, 4.69) is 182 Å². The van der Waals surface area contributed by atoms with Gasteiger partial charge in [0.05, 0.1) is 27.7 Å². The molecule has 9 heteroatoms. The van der Waals surface area contributed by atoms with Gasteiger partial charge >= 0.3 is 7.12 Å². The largest absolute Gasteiger partial charge is 0.496 e. The van der Waals surface area contributed by atoms with Crippen LogP contribution in [0.1, 0.15) is 49.9 Å². The summed E-state index contributed by atoms with van der Waals surface area (Å²) in [5.41, 5.74) is 12.6. The molecule has 0 atom stereocenters. The molecule has 0 spiro atoms. The van der Waals surface area contributed by atoms with Crippen LogP contribution in [0, 0.1) is 0 Å². The molecule has 0 unspecified atom stereocenters. The first-order chi connectivity index (χ1) is 32.1. The lowest BCUT2D eigenvalue weighted by Gasteiger charge is -2.34. The lowest BCUT2D eigenvalue weighted by molar-refractivity contribution is 0.00578. The minimum Gasteiger partial charge on any atom is -0.399 e. The van der Waals surface area contributed by atoms with E-state index in [-0.39, 0.29) is 5.28 Å². The number of nitrogens with zero attached hydrogens (tertiary/aromatic N) is 5. The van der Waals surface area contributed by atoms with Crippen LogP contribution in [-0.4, -0.2) is 42.8 Å². The van der Waals surface area contributed by atoms with Crippen LogP contribution in [0.2, 0.25) is 5.28 Å². The maximum Gasteiger partial charge on any atom is 0.496 e. The third kappa shape index (κ3) is 6.27. The Morgan fingerprint density at radius 1 is 0.485 bits per heavy atom. The lowest BCUT2D eigenvalue weighted by atomic mass is 9.67. The molecular weight excluding hydrogens is 833 g/mol. The molecule has 66 heavy (non-hydrogen) atoms. The first kappa shape index (κ1) is 40.3. The average molecular weight is 876 g/mol. The summed E-state index contributed by atoms with van der Waals surface area (Å²) in [5.74, 6) is 1.82. The highest BCUT2D eigenvalue weighted by atomic mass is 35.5. The number of fused-ring (bicyclic) bond motifs is 6. The van der Waals surface area contributed by atoms with Gasteiger partial charge in [-0.05, 0) is 114 Å². The zero-order chi connectivity index (χ0) is 44.8.